The van der Waals surface area contributed by atoms with E-state index in [4.69, 9.17) is 27.9 Å². The van der Waals surface area contributed by atoms with Crippen molar-refractivity contribution >= 4 is 44.9 Å². The number of hydrogen-bond acceptors (Lipinski definition) is 4. The molecule has 0 radical (unpaired) electrons. The molecule has 0 spiro atoms. The maximum Gasteiger partial charge on any atom is 2.00 e. The van der Waals surface area contributed by atoms with Crippen molar-refractivity contribution in [1.29, 1.82) is 0 Å². The third-order valence-corrected chi connectivity index (χ3v) is 5.57. The fourth-order valence-electron chi connectivity index (χ4n) is 2.99. The van der Waals surface area contributed by atoms with Crippen molar-refractivity contribution in [2.45, 2.75) is 20.8 Å². The van der Waals surface area contributed by atoms with Gasteiger partial charge in [-0.3, -0.25) is 9.59 Å². The third-order valence-electron chi connectivity index (χ3n) is 4.68. The molecule has 0 unspecified atom stereocenters. The summed E-state index contributed by atoms with van der Waals surface area (Å²) in [6.07, 6.45) is 0. The number of hydrogen-bond donors (Lipinski definition) is 0. The van der Waals surface area contributed by atoms with E-state index >= 15 is 0 Å². The number of ether oxygens (including phenoxy) is 1. The zero-order chi connectivity index (χ0) is 21.3. The molecule has 1 aromatic heterocycles. The molecule has 30 heavy (non-hydrogen) atoms. The topological polar surface area (TPSA) is 61.2 Å². The molecule has 154 valence electrons. The molecule has 0 N–H and O–H groups in total. The summed E-state index contributed by atoms with van der Waals surface area (Å²) in [6.45, 7) is 5.19. The van der Waals surface area contributed by atoms with Gasteiger partial charge in [-0.05, 0) is 38.5 Å². The van der Waals surface area contributed by atoms with Crippen LogP contribution in [0.3, 0.4) is 0 Å². The van der Waals surface area contributed by atoms with Crippen LogP contribution in [0.1, 0.15) is 46.0 Å². The van der Waals surface area contributed by atoms with Gasteiger partial charge in [0.25, 0.3) is 0 Å². The monoisotopic (exact) mass is 441 g/mol. The molecule has 8 heteroatoms. The zero-order valence-corrected chi connectivity index (χ0v) is 18.8. The summed E-state index contributed by atoms with van der Waals surface area (Å²) in [6, 6.07) is 10.4. The molecule has 0 atom stereocenters. The second-order valence-corrected chi connectivity index (χ2v) is 7.62. The number of halogens is 2. The summed E-state index contributed by atoms with van der Waals surface area (Å²) in [4.78, 5) is 25.7. The van der Waals surface area contributed by atoms with Crippen LogP contribution in [0.4, 0.5) is 0 Å². The van der Waals surface area contributed by atoms with Gasteiger partial charge in [-0.25, -0.2) is 4.68 Å². The second kappa shape index (κ2) is 9.57. The SMILES string of the molecule is Cc1ccc(C(=O)COc2c(C(=O)c3ccc(Cl)c(C)c3Cl)c(C)nn2C)cc1.[Be+2].[H-].[H-]. The molecule has 0 aliphatic heterocycles. The first-order chi connectivity index (χ1) is 13.7. The van der Waals surface area contributed by atoms with Crippen molar-refractivity contribution in [2.75, 3.05) is 6.61 Å². The van der Waals surface area contributed by atoms with Crippen LogP contribution in [-0.4, -0.2) is 38.1 Å². The van der Waals surface area contributed by atoms with E-state index in [9.17, 15) is 9.59 Å². The second-order valence-electron chi connectivity index (χ2n) is 6.83. The minimum Gasteiger partial charge on any atom is -1.00 e. The smallest absolute Gasteiger partial charge is 1.00 e. The fourth-order valence-corrected chi connectivity index (χ4v) is 3.45. The average Bonchev–Trinajstić information content (AvgIpc) is 2.97. The number of nitrogens with zero attached hydrogens (tertiary/aromatic N) is 2. The number of aromatic nitrogens is 2. The third kappa shape index (κ3) is 4.65. The van der Waals surface area contributed by atoms with Gasteiger partial charge in [-0.15, -0.1) is 0 Å². The van der Waals surface area contributed by atoms with E-state index in [1.807, 2.05) is 19.1 Å². The molecule has 0 saturated heterocycles. The van der Waals surface area contributed by atoms with E-state index in [0.29, 0.717) is 27.4 Å². The van der Waals surface area contributed by atoms with Gasteiger partial charge in [0.05, 0.1) is 10.7 Å². The molecule has 0 fully saturated rings. The Morgan fingerprint density at radius 3 is 2.33 bits per heavy atom. The van der Waals surface area contributed by atoms with Crippen LogP contribution in [-0.2, 0) is 7.05 Å². The average molecular weight is 442 g/mol. The van der Waals surface area contributed by atoms with Gasteiger partial charge in [0.2, 0.25) is 11.7 Å². The first-order valence-corrected chi connectivity index (χ1v) is 9.71. The first-order valence-electron chi connectivity index (χ1n) is 8.96. The van der Waals surface area contributed by atoms with Crippen molar-refractivity contribution in [3.63, 3.8) is 0 Å². The van der Waals surface area contributed by atoms with E-state index in [2.05, 4.69) is 5.10 Å². The Morgan fingerprint density at radius 2 is 1.70 bits per heavy atom. The fraction of sp³-hybridized carbons (Fsp3) is 0.227. The number of benzene rings is 2. The van der Waals surface area contributed by atoms with E-state index < -0.39 is 0 Å². The van der Waals surface area contributed by atoms with Gasteiger partial charge < -0.3 is 7.59 Å². The van der Waals surface area contributed by atoms with Crippen LogP contribution in [0.15, 0.2) is 36.4 Å². The first kappa shape index (κ1) is 23.8. The maximum atomic E-state index is 13.2. The van der Waals surface area contributed by atoms with Gasteiger partial charge in [0, 0.05) is 23.2 Å². The standard InChI is InChI=1S/C22H20Cl2N2O3.Be.2H/c1-12-5-7-15(8-6-12)18(27)11-29-22-19(14(3)25-26(22)4)21(28)16-9-10-17(23)13(2)20(16)24;;;/h5-10H,11H2,1-4H3;;;/q;+2;2*-1. The van der Waals surface area contributed by atoms with E-state index in [-0.39, 0.29) is 47.6 Å². The maximum absolute atomic E-state index is 13.2. The summed E-state index contributed by atoms with van der Waals surface area (Å²) in [5.74, 6) is -0.308. The van der Waals surface area contributed by atoms with Crippen molar-refractivity contribution in [1.82, 2.24) is 9.78 Å². The van der Waals surface area contributed by atoms with Crippen LogP contribution in [0.2, 0.25) is 10.0 Å². The molecule has 0 amide bonds. The number of carbonyl (C=O) groups is 2. The van der Waals surface area contributed by atoms with Crippen LogP contribution < -0.4 is 4.74 Å². The molecule has 0 aliphatic rings. The molecular formula is C22H22BeCl2N2O3. The Balaban J connectivity index is 0.00000320. The van der Waals surface area contributed by atoms with Crippen LogP contribution in [0, 0.1) is 20.8 Å². The normalized spacial score (nSPS) is 10.5. The Kier molecular flexibility index (Phi) is 7.59. The predicted octanol–water partition coefficient (Wildman–Crippen LogP) is 4.99. The molecule has 5 nitrogen and oxygen atoms in total. The van der Waals surface area contributed by atoms with Gasteiger partial charge >= 0.3 is 10.1 Å². The molecule has 3 rings (SSSR count). The van der Waals surface area contributed by atoms with Crippen LogP contribution in [0.25, 0.3) is 0 Å². The molecular weight excluding hydrogens is 420 g/mol. The number of Topliss-reactive ketones (excluding diaryl/α,β-unsaturated/α-hetero) is 1. The summed E-state index contributed by atoms with van der Waals surface area (Å²) in [5.41, 5.74) is 3.29. The molecule has 1 heterocycles. The summed E-state index contributed by atoms with van der Waals surface area (Å²) in [7, 11) is 1.66. The predicted molar refractivity (Wildman–Crippen MR) is 122 cm³/mol. The molecule has 0 aliphatic carbocycles. The summed E-state index contributed by atoms with van der Waals surface area (Å²) in [5, 5.41) is 5.05. The van der Waals surface area contributed by atoms with E-state index in [1.54, 1.807) is 45.2 Å². The van der Waals surface area contributed by atoms with Crippen molar-refractivity contribution in [2.24, 2.45) is 7.05 Å². The minimum atomic E-state index is -0.335. The summed E-state index contributed by atoms with van der Waals surface area (Å²) >= 11 is 12.4. The molecule has 3 aromatic rings. The minimum absolute atomic E-state index is 0. The van der Waals surface area contributed by atoms with E-state index in [0.717, 1.165) is 5.56 Å². The number of aryl methyl sites for hydroxylation is 3. The molecule has 0 saturated carbocycles. The number of ketones is 2. The number of carbonyl (C=O) groups excluding carboxylic acids is 2. The van der Waals surface area contributed by atoms with Gasteiger partial charge in [-0.2, -0.15) is 5.10 Å². The Morgan fingerprint density at radius 1 is 1.07 bits per heavy atom. The Labute approximate surface area is 192 Å². The quantitative estimate of drug-likeness (QED) is 0.399. The van der Waals surface area contributed by atoms with Crippen LogP contribution in [0.5, 0.6) is 5.88 Å². The molecule has 0 bridgehead atoms. The van der Waals surface area contributed by atoms with Crippen LogP contribution >= 0.6 is 23.2 Å². The Bertz CT molecular complexity index is 1120. The van der Waals surface area contributed by atoms with Gasteiger partial charge in [0.15, 0.2) is 12.4 Å². The summed E-state index contributed by atoms with van der Waals surface area (Å²) < 4.78 is 7.18. The zero-order valence-electron chi connectivity index (χ0n) is 19.3. The number of rotatable bonds is 6. The van der Waals surface area contributed by atoms with Crippen molar-refractivity contribution in [3.8, 4) is 5.88 Å². The van der Waals surface area contributed by atoms with Gasteiger partial charge in [0.1, 0.15) is 5.56 Å². The van der Waals surface area contributed by atoms with Crippen molar-refractivity contribution < 1.29 is 17.2 Å². The molecule has 2 aromatic carbocycles. The van der Waals surface area contributed by atoms with Crippen molar-refractivity contribution in [3.05, 3.63) is 80.0 Å². The van der Waals surface area contributed by atoms with Gasteiger partial charge in [-0.1, -0.05) is 53.0 Å². The van der Waals surface area contributed by atoms with E-state index in [1.165, 1.54) is 4.68 Å². The Hall–Kier alpha value is -2.46. The largest absolute Gasteiger partial charge is 2.00 e.